The summed E-state index contributed by atoms with van der Waals surface area (Å²) in [6, 6.07) is 130. The van der Waals surface area contributed by atoms with Gasteiger partial charge in [-0.2, -0.15) is 0 Å². The minimum atomic E-state index is -1.56. The Bertz CT molecular complexity index is 6770. The van der Waals surface area contributed by atoms with Crippen LogP contribution in [0.25, 0.3) is 188 Å². The van der Waals surface area contributed by atoms with Crippen molar-refractivity contribution in [3.63, 3.8) is 0 Å². The Morgan fingerprint density at radius 2 is 0.527 bits per heavy atom. The summed E-state index contributed by atoms with van der Waals surface area (Å²) in [7, 11) is -1.56. The van der Waals surface area contributed by atoms with Crippen LogP contribution in [0.15, 0.2) is 405 Å². The standard InChI is InChI=1S/C51H33N3.C27H20BN3O2.C24H15Br/c1-2-15-35(16-3-1)47-32-48(37-19-10-18-36(30-37)40-22-13-29-52-33-40)54-51(53-47)39-21-11-20-38(31-39)49-43-24-6-8-26-45(43)50(46-27-9-7-25-44(46)49)42-28-12-17-34-14-4-5-23-41(34)42;32-28(33)24-13-5-11-22(16-24)27-30-25(19-7-2-1-3-8-19)17-26(31-27)21-10-4-9-20(15-21)23-12-6-14-29-18-23;25-24-21-13-5-3-11-19(21)23(20-12-4-6-14-22(20)24)18-15-7-9-16-8-1-2-10-17(16)18/h1-33H;1-18,32-33H;1-15H. The van der Waals surface area contributed by atoms with E-state index in [1.54, 1.807) is 30.6 Å². The van der Waals surface area contributed by atoms with Crippen molar-refractivity contribution in [1.29, 1.82) is 0 Å². The molecule has 0 saturated heterocycles. The van der Waals surface area contributed by atoms with Crippen molar-refractivity contribution in [2.45, 2.75) is 0 Å². The molecule has 0 unspecified atom stereocenters. The molecule has 4 heterocycles. The molecule has 0 aliphatic heterocycles. The molecule has 112 heavy (non-hydrogen) atoms. The van der Waals surface area contributed by atoms with E-state index in [1.807, 2.05) is 97.3 Å². The molecule has 10 heteroatoms. The van der Waals surface area contributed by atoms with Gasteiger partial charge >= 0.3 is 7.12 Å². The molecular formula is C102H68BBrN6O2. The minimum Gasteiger partial charge on any atom is -0.423 e. The highest BCUT2D eigenvalue weighted by atomic mass is 79.9. The lowest BCUT2D eigenvalue weighted by Crippen LogP contribution is -2.29. The smallest absolute Gasteiger partial charge is 0.423 e. The molecule has 0 fully saturated rings. The maximum atomic E-state index is 9.61. The number of hydrogen-bond donors (Lipinski definition) is 2. The van der Waals surface area contributed by atoms with Crippen LogP contribution >= 0.6 is 15.9 Å². The highest BCUT2D eigenvalue weighted by Gasteiger charge is 2.22. The van der Waals surface area contributed by atoms with Gasteiger partial charge in [-0.25, -0.2) is 19.9 Å². The summed E-state index contributed by atoms with van der Waals surface area (Å²) >= 11 is 3.84. The van der Waals surface area contributed by atoms with E-state index in [0.29, 0.717) is 22.7 Å². The van der Waals surface area contributed by atoms with Gasteiger partial charge in [0.2, 0.25) is 0 Å². The summed E-state index contributed by atoms with van der Waals surface area (Å²) in [4.78, 5) is 28.7. The molecule has 0 atom stereocenters. The fourth-order valence-corrected chi connectivity index (χ4v) is 16.1. The largest absolute Gasteiger partial charge is 0.488 e. The summed E-state index contributed by atoms with van der Waals surface area (Å²) in [5.41, 5.74) is 21.0. The van der Waals surface area contributed by atoms with Gasteiger partial charge in [0, 0.05) is 73.8 Å². The Labute approximate surface area is 657 Å². The normalized spacial score (nSPS) is 11.2. The SMILES string of the molecule is Brc1c2ccccc2c(-c2cccc3ccccc23)c2ccccc12.OB(O)c1cccc(-c2nc(-c3ccccc3)cc(-c3cccc(-c4cccnc4)c3)n2)c1.c1ccc(-c2cc(-c3cccc(-c4cccnc4)c3)nc(-c3cccc(-c4c5ccccc5c(-c5cccc6ccccc56)c5ccccc45)c3)n2)cc1. The fraction of sp³-hybridized carbons (Fsp3) is 0. The summed E-state index contributed by atoms with van der Waals surface area (Å²) in [6.07, 6.45) is 7.29. The number of benzene rings is 16. The van der Waals surface area contributed by atoms with Gasteiger partial charge in [0.25, 0.3) is 0 Å². The van der Waals surface area contributed by atoms with E-state index < -0.39 is 7.12 Å². The van der Waals surface area contributed by atoms with Crippen LogP contribution in [-0.2, 0) is 0 Å². The Balaban J connectivity index is 0.000000128. The lowest BCUT2D eigenvalue weighted by atomic mass is 9.79. The molecule has 0 amide bonds. The third kappa shape index (κ3) is 14.1. The minimum absolute atomic E-state index is 0.390. The number of pyridine rings is 2. The van der Waals surface area contributed by atoms with Crippen LogP contribution in [0.3, 0.4) is 0 Å². The van der Waals surface area contributed by atoms with Crippen LogP contribution in [0, 0.1) is 0 Å². The van der Waals surface area contributed by atoms with Gasteiger partial charge in [-0.05, 0) is 173 Å². The third-order valence-electron chi connectivity index (χ3n) is 20.7. The molecule has 0 aliphatic carbocycles. The summed E-state index contributed by atoms with van der Waals surface area (Å²) in [6.45, 7) is 0. The zero-order valence-electron chi connectivity index (χ0n) is 60.6. The molecule has 20 aromatic rings. The van der Waals surface area contributed by atoms with Gasteiger partial charge in [0.1, 0.15) is 0 Å². The molecule has 0 radical (unpaired) electrons. The molecule has 4 aromatic heterocycles. The van der Waals surface area contributed by atoms with Crippen molar-refractivity contribution in [3.8, 4) is 123 Å². The fourth-order valence-electron chi connectivity index (χ4n) is 15.4. The monoisotopic (exact) mass is 1500 g/mol. The van der Waals surface area contributed by atoms with E-state index in [1.165, 1.54) is 96.9 Å². The molecule has 0 saturated carbocycles. The zero-order valence-corrected chi connectivity index (χ0v) is 62.2. The highest BCUT2D eigenvalue weighted by molar-refractivity contribution is 9.10. The van der Waals surface area contributed by atoms with Crippen molar-refractivity contribution in [2.24, 2.45) is 0 Å². The average molecular weight is 1500 g/mol. The molecule has 528 valence electrons. The molecule has 20 rings (SSSR count). The van der Waals surface area contributed by atoms with Crippen molar-refractivity contribution in [2.75, 3.05) is 0 Å². The Morgan fingerprint density at radius 3 is 0.955 bits per heavy atom. The van der Waals surface area contributed by atoms with Gasteiger partial charge in [0.15, 0.2) is 11.6 Å². The van der Waals surface area contributed by atoms with Gasteiger partial charge in [-0.1, -0.05) is 334 Å². The number of fused-ring (bicyclic) bond motifs is 6. The molecule has 0 bridgehead atoms. The second-order valence-corrected chi connectivity index (χ2v) is 28.3. The van der Waals surface area contributed by atoms with Crippen LogP contribution in [0.4, 0.5) is 0 Å². The quantitative estimate of drug-likeness (QED) is 0.0917. The van der Waals surface area contributed by atoms with E-state index in [4.69, 9.17) is 19.9 Å². The van der Waals surface area contributed by atoms with Crippen molar-refractivity contribution >= 4 is 93.1 Å². The second kappa shape index (κ2) is 31.3. The Kier molecular flexibility index (Phi) is 19.5. The number of hydrogen-bond acceptors (Lipinski definition) is 8. The molecule has 2 N–H and O–H groups in total. The zero-order chi connectivity index (χ0) is 75.3. The van der Waals surface area contributed by atoms with Crippen molar-refractivity contribution < 1.29 is 10.0 Å². The highest BCUT2D eigenvalue weighted by Crippen LogP contribution is 2.47. The van der Waals surface area contributed by atoms with E-state index in [9.17, 15) is 10.0 Å². The first-order valence-corrected chi connectivity index (χ1v) is 38.1. The van der Waals surface area contributed by atoms with Crippen molar-refractivity contribution in [1.82, 2.24) is 29.9 Å². The van der Waals surface area contributed by atoms with Crippen LogP contribution in [0.2, 0.25) is 0 Å². The molecular weight excluding hydrogens is 1430 g/mol. The van der Waals surface area contributed by atoms with Crippen LogP contribution in [0.1, 0.15) is 0 Å². The maximum Gasteiger partial charge on any atom is 0.488 e. The number of halogens is 1. The Morgan fingerprint density at radius 1 is 0.223 bits per heavy atom. The van der Waals surface area contributed by atoms with Crippen LogP contribution in [-0.4, -0.2) is 47.1 Å². The maximum absolute atomic E-state index is 9.61. The average Bonchev–Trinajstić information content (AvgIpc) is 0.401. The topological polar surface area (TPSA) is 118 Å². The first-order valence-electron chi connectivity index (χ1n) is 37.3. The molecule has 8 nitrogen and oxygen atoms in total. The number of nitrogens with zero attached hydrogens (tertiary/aromatic N) is 6. The third-order valence-corrected chi connectivity index (χ3v) is 21.5. The van der Waals surface area contributed by atoms with Crippen LogP contribution < -0.4 is 5.46 Å². The first-order chi connectivity index (χ1) is 55.3. The van der Waals surface area contributed by atoms with E-state index in [-0.39, 0.29) is 0 Å². The predicted octanol–water partition coefficient (Wildman–Crippen LogP) is 25.1. The van der Waals surface area contributed by atoms with E-state index in [2.05, 4.69) is 299 Å². The molecule has 0 spiro atoms. The van der Waals surface area contributed by atoms with Crippen LogP contribution in [0.5, 0.6) is 0 Å². The van der Waals surface area contributed by atoms with Gasteiger partial charge in [0.05, 0.1) is 22.8 Å². The predicted molar refractivity (Wildman–Crippen MR) is 468 cm³/mol. The van der Waals surface area contributed by atoms with Crippen molar-refractivity contribution in [3.05, 3.63) is 405 Å². The van der Waals surface area contributed by atoms with Gasteiger partial charge < -0.3 is 10.0 Å². The second-order valence-electron chi connectivity index (χ2n) is 27.6. The summed E-state index contributed by atoms with van der Waals surface area (Å²) in [5.74, 6) is 1.20. The Hall–Kier alpha value is -14.0. The lowest BCUT2D eigenvalue weighted by Gasteiger charge is -2.19. The lowest BCUT2D eigenvalue weighted by molar-refractivity contribution is 0.426. The summed E-state index contributed by atoms with van der Waals surface area (Å²) in [5, 5.41) is 34.2. The molecule has 0 aliphatic rings. The van der Waals surface area contributed by atoms with Gasteiger partial charge in [-0.15, -0.1) is 0 Å². The van der Waals surface area contributed by atoms with E-state index in [0.717, 1.165) is 78.4 Å². The number of aromatic nitrogens is 6. The first kappa shape index (κ1) is 69.7. The summed E-state index contributed by atoms with van der Waals surface area (Å²) < 4.78 is 1.17. The molecule has 16 aromatic carbocycles. The number of rotatable bonds is 12. The van der Waals surface area contributed by atoms with E-state index >= 15 is 0 Å². The van der Waals surface area contributed by atoms with Gasteiger partial charge in [-0.3, -0.25) is 9.97 Å².